The molecule has 1 N–H and O–H groups in total. The second kappa shape index (κ2) is 10.4. The van der Waals surface area contributed by atoms with E-state index in [9.17, 15) is 14.4 Å². The smallest absolute Gasteiger partial charge is 0.272 e. The number of nitrogens with zero attached hydrogens (tertiary/aromatic N) is 6. The molecule has 196 valence electrons. The Morgan fingerprint density at radius 3 is 2.81 bits per heavy atom. The van der Waals surface area contributed by atoms with Gasteiger partial charge in [0.1, 0.15) is 5.65 Å². The zero-order chi connectivity index (χ0) is 26.1. The maximum Gasteiger partial charge on any atom is 0.272 e. The number of rotatable bonds is 2. The number of fused-ring (bicyclic) bond motifs is 2. The first kappa shape index (κ1) is 25.0. The van der Waals surface area contributed by atoms with Crippen LogP contribution in [0.25, 0.3) is 5.65 Å². The lowest BCUT2D eigenvalue weighted by Crippen LogP contribution is -2.41. The van der Waals surface area contributed by atoms with Crippen molar-refractivity contribution >= 4 is 23.4 Å². The fourth-order valence-corrected chi connectivity index (χ4v) is 5.60. The number of carbonyl (C=O) groups is 3. The van der Waals surface area contributed by atoms with E-state index in [0.29, 0.717) is 51.0 Å². The molecular formula is C27H35N7O3. The number of likely N-dealkylation sites (N-methyl/N-ethyl adjacent to an activating group) is 1. The third-order valence-corrected chi connectivity index (χ3v) is 7.79. The quantitative estimate of drug-likeness (QED) is 0.571. The second-order valence-corrected chi connectivity index (χ2v) is 10.2. The molecule has 1 aliphatic heterocycles. The zero-order valence-electron chi connectivity index (χ0n) is 21.9. The van der Waals surface area contributed by atoms with Crippen molar-refractivity contribution < 1.29 is 14.4 Å². The predicted molar refractivity (Wildman–Crippen MR) is 138 cm³/mol. The van der Waals surface area contributed by atoms with Crippen LogP contribution < -0.4 is 5.32 Å². The van der Waals surface area contributed by atoms with Crippen LogP contribution in [0, 0.1) is 6.92 Å². The van der Waals surface area contributed by atoms with Crippen molar-refractivity contribution in [3.8, 4) is 0 Å². The van der Waals surface area contributed by atoms with Crippen molar-refractivity contribution in [3.63, 3.8) is 0 Å². The Morgan fingerprint density at radius 1 is 1.16 bits per heavy atom. The Balaban J connectivity index is 1.33. The summed E-state index contributed by atoms with van der Waals surface area (Å²) in [6.45, 7) is 3.45. The first-order chi connectivity index (χ1) is 17.8. The highest BCUT2D eigenvalue weighted by Gasteiger charge is 2.31. The van der Waals surface area contributed by atoms with Crippen molar-refractivity contribution in [2.45, 2.75) is 57.9 Å². The number of imidazole rings is 1. The topological polar surface area (TPSA) is 105 Å². The molecule has 3 aromatic rings. The molecule has 4 heterocycles. The lowest BCUT2D eigenvalue weighted by molar-refractivity contribution is -0.134. The lowest BCUT2D eigenvalue weighted by atomic mass is 9.90. The second-order valence-electron chi connectivity index (χ2n) is 10.2. The number of hydrogen-bond acceptors (Lipinski definition) is 5. The van der Waals surface area contributed by atoms with Gasteiger partial charge in [-0.3, -0.25) is 19.1 Å². The van der Waals surface area contributed by atoms with Gasteiger partial charge < -0.3 is 19.5 Å². The lowest BCUT2D eigenvalue weighted by Gasteiger charge is -2.32. The number of carbonyl (C=O) groups excluding carboxylic acids is 3. The van der Waals surface area contributed by atoms with E-state index in [1.54, 1.807) is 10.9 Å². The maximum atomic E-state index is 13.4. The molecule has 0 spiro atoms. The van der Waals surface area contributed by atoms with Crippen molar-refractivity contribution in [1.82, 2.24) is 34.3 Å². The molecule has 2 bridgehead atoms. The van der Waals surface area contributed by atoms with Crippen molar-refractivity contribution in [2.24, 2.45) is 7.05 Å². The molecule has 10 heteroatoms. The van der Waals surface area contributed by atoms with E-state index in [-0.39, 0.29) is 30.2 Å². The number of amides is 3. The molecule has 0 radical (unpaired) electrons. The third-order valence-electron chi connectivity index (χ3n) is 7.79. The van der Waals surface area contributed by atoms with Gasteiger partial charge >= 0.3 is 0 Å². The van der Waals surface area contributed by atoms with Crippen molar-refractivity contribution in [3.05, 3.63) is 52.7 Å². The first-order valence-electron chi connectivity index (χ1n) is 13.1. The molecule has 0 saturated heterocycles. The van der Waals surface area contributed by atoms with E-state index in [1.165, 1.54) is 0 Å². The summed E-state index contributed by atoms with van der Waals surface area (Å²) in [4.78, 5) is 47.5. The Kier molecular flexibility index (Phi) is 6.99. The van der Waals surface area contributed by atoms with Gasteiger partial charge in [-0.1, -0.05) is 6.07 Å². The molecule has 2 aliphatic rings. The van der Waals surface area contributed by atoms with Gasteiger partial charge in [-0.05, 0) is 50.7 Å². The van der Waals surface area contributed by atoms with Gasteiger partial charge in [-0.25, -0.2) is 4.98 Å². The highest BCUT2D eigenvalue weighted by Crippen LogP contribution is 2.27. The molecule has 0 saturated carbocycles. The van der Waals surface area contributed by atoms with Crippen LogP contribution in [0.5, 0.6) is 0 Å². The summed E-state index contributed by atoms with van der Waals surface area (Å²) >= 11 is 0. The summed E-state index contributed by atoms with van der Waals surface area (Å²) in [6.07, 6.45) is 7.79. The van der Waals surface area contributed by atoms with Crippen LogP contribution in [0.2, 0.25) is 0 Å². The van der Waals surface area contributed by atoms with Gasteiger partial charge in [0.25, 0.3) is 5.91 Å². The molecule has 1 unspecified atom stereocenters. The van der Waals surface area contributed by atoms with E-state index in [2.05, 4.69) is 15.4 Å². The molecule has 37 heavy (non-hydrogen) atoms. The molecule has 0 aromatic carbocycles. The molecular weight excluding hydrogens is 470 g/mol. The minimum Gasteiger partial charge on any atom is -0.351 e. The third kappa shape index (κ3) is 4.97. The fraction of sp³-hybridized carbons (Fsp3) is 0.519. The summed E-state index contributed by atoms with van der Waals surface area (Å²) in [5.74, 6) is -0.129. The van der Waals surface area contributed by atoms with E-state index in [4.69, 9.17) is 0 Å². The molecule has 3 amide bonds. The van der Waals surface area contributed by atoms with Crippen LogP contribution >= 0.6 is 0 Å². The van der Waals surface area contributed by atoms with Crippen LogP contribution in [0.4, 0.5) is 0 Å². The van der Waals surface area contributed by atoms with E-state index in [0.717, 1.165) is 41.0 Å². The van der Waals surface area contributed by atoms with Gasteiger partial charge in [-0.15, -0.1) is 0 Å². The number of nitrogens with one attached hydrogen (secondary N) is 1. The minimum absolute atomic E-state index is 0.00722. The maximum absolute atomic E-state index is 13.4. The summed E-state index contributed by atoms with van der Waals surface area (Å²) in [5, 5.41) is 7.50. The van der Waals surface area contributed by atoms with Crippen LogP contribution in [-0.2, 0) is 35.9 Å². The minimum atomic E-state index is -0.194. The molecule has 10 nitrogen and oxygen atoms in total. The summed E-state index contributed by atoms with van der Waals surface area (Å²) in [7, 11) is 3.72. The molecule has 3 aromatic heterocycles. The SMILES string of the molecule is Cc1cccn2c(CC(=O)N3CCCNC(=O)c4nn(C)c5c4CC(CC5)N(C)C(=O)CCC3)cnc12. The standard InChI is InChI=1S/C27H35N7O3/c1-18-7-4-14-34-20(17-29-26(18)34)16-24(36)33-12-5-8-23(35)31(2)19-9-10-22-21(15-19)25(30-32(22)3)27(37)28-11-6-13-33/h4,7,14,17,19H,5-6,8-13,15-16H2,1-3H3,(H,28,37). The Labute approximate surface area is 216 Å². The average molecular weight is 506 g/mol. The van der Waals surface area contributed by atoms with Crippen LogP contribution in [0.15, 0.2) is 24.5 Å². The Bertz CT molecular complexity index is 1340. The Morgan fingerprint density at radius 2 is 1.97 bits per heavy atom. The van der Waals surface area contributed by atoms with Crippen molar-refractivity contribution in [2.75, 3.05) is 26.7 Å². The number of pyridine rings is 1. The number of aromatic nitrogens is 4. The van der Waals surface area contributed by atoms with Crippen LogP contribution in [0.1, 0.15) is 58.7 Å². The van der Waals surface area contributed by atoms with E-state index in [1.807, 2.05) is 53.5 Å². The highest BCUT2D eigenvalue weighted by molar-refractivity contribution is 5.94. The van der Waals surface area contributed by atoms with Gasteiger partial charge in [0.2, 0.25) is 11.8 Å². The van der Waals surface area contributed by atoms with Crippen LogP contribution in [-0.4, -0.2) is 79.4 Å². The molecule has 5 rings (SSSR count). The predicted octanol–water partition coefficient (Wildman–Crippen LogP) is 1.68. The molecule has 1 atom stereocenters. The van der Waals surface area contributed by atoms with Crippen LogP contribution in [0.3, 0.4) is 0 Å². The number of hydrogen-bond donors (Lipinski definition) is 1. The van der Waals surface area contributed by atoms with E-state index >= 15 is 0 Å². The highest BCUT2D eigenvalue weighted by atomic mass is 16.2. The number of aryl methyl sites for hydroxylation is 2. The van der Waals surface area contributed by atoms with E-state index < -0.39 is 0 Å². The zero-order valence-corrected chi connectivity index (χ0v) is 21.9. The molecule has 0 fully saturated rings. The van der Waals surface area contributed by atoms with Gasteiger partial charge in [0.05, 0.1) is 12.1 Å². The Hall–Kier alpha value is -3.69. The monoisotopic (exact) mass is 505 g/mol. The first-order valence-corrected chi connectivity index (χ1v) is 13.1. The van der Waals surface area contributed by atoms with Gasteiger partial charge in [0, 0.05) is 69.8 Å². The fourth-order valence-electron chi connectivity index (χ4n) is 5.60. The average Bonchev–Trinajstić information content (AvgIpc) is 3.45. The molecule has 1 aliphatic carbocycles. The summed E-state index contributed by atoms with van der Waals surface area (Å²) < 4.78 is 3.76. The van der Waals surface area contributed by atoms with Gasteiger partial charge in [0.15, 0.2) is 5.69 Å². The summed E-state index contributed by atoms with van der Waals surface area (Å²) in [5.41, 5.74) is 5.22. The largest absolute Gasteiger partial charge is 0.351 e. The summed E-state index contributed by atoms with van der Waals surface area (Å²) in [6, 6.07) is 3.99. The van der Waals surface area contributed by atoms with Gasteiger partial charge in [-0.2, -0.15) is 5.10 Å². The van der Waals surface area contributed by atoms with Crippen molar-refractivity contribution in [1.29, 1.82) is 0 Å². The normalized spacial score (nSPS) is 19.5.